The first-order chi connectivity index (χ1) is 13.0. The highest BCUT2D eigenvalue weighted by Gasteiger charge is 2.19. The second kappa shape index (κ2) is 8.14. The second-order valence-electron chi connectivity index (χ2n) is 5.97. The van der Waals surface area contributed by atoms with Crippen LogP contribution in [0.3, 0.4) is 0 Å². The molecule has 27 heavy (non-hydrogen) atoms. The Morgan fingerprint density at radius 1 is 1.33 bits per heavy atom. The predicted octanol–water partition coefficient (Wildman–Crippen LogP) is 3.29. The van der Waals surface area contributed by atoms with Crippen molar-refractivity contribution in [2.75, 3.05) is 12.9 Å². The Kier molecular flexibility index (Phi) is 5.86. The quantitative estimate of drug-likeness (QED) is 0.483. The van der Waals surface area contributed by atoms with Gasteiger partial charge in [-0.3, -0.25) is 14.2 Å². The van der Waals surface area contributed by atoms with Gasteiger partial charge in [-0.2, -0.15) is 0 Å². The minimum Gasteiger partial charge on any atom is -0.497 e. The lowest BCUT2D eigenvalue weighted by Crippen LogP contribution is -2.22. The van der Waals surface area contributed by atoms with E-state index >= 15 is 0 Å². The summed E-state index contributed by atoms with van der Waals surface area (Å²) in [5.74, 6) is 0.806. The van der Waals surface area contributed by atoms with Crippen LogP contribution in [0, 0.1) is 6.92 Å². The average molecular weight is 404 g/mol. The van der Waals surface area contributed by atoms with Gasteiger partial charge >= 0.3 is 0 Å². The fraction of sp³-hybridized carbons (Fsp3) is 0.316. The highest BCUT2D eigenvalue weighted by atomic mass is 32.2. The van der Waals surface area contributed by atoms with Crippen LogP contribution in [0.25, 0.3) is 15.9 Å². The Morgan fingerprint density at radius 3 is 2.63 bits per heavy atom. The lowest BCUT2D eigenvalue weighted by Gasteiger charge is -2.13. The van der Waals surface area contributed by atoms with E-state index in [1.807, 2.05) is 38.1 Å². The van der Waals surface area contributed by atoms with Crippen molar-refractivity contribution >= 4 is 39.2 Å². The lowest BCUT2D eigenvalue weighted by molar-refractivity contribution is -0.117. The van der Waals surface area contributed by atoms with Crippen molar-refractivity contribution in [3.05, 3.63) is 45.1 Å². The molecule has 0 spiro atoms. The molecule has 0 radical (unpaired) electrons. The maximum atomic E-state index is 13.4. The SMILES string of the molecule is CCc1c(C)sc2nc(SCCC(N)=O)n(-c3ccc(OC)cc3)c(=O)c12. The van der Waals surface area contributed by atoms with Crippen LogP contribution in [0.15, 0.2) is 34.2 Å². The lowest BCUT2D eigenvalue weighted by atomic mass is 10.1. The summed E-state index contributed by atoms with van der Waals surface area (Å²) in [7, 11) is 1.60. The number of thiophene rings is 1. The Bertz CT molecular complexity index is 1040. The van der Waals surface area contributed by atoms with Gasteiger partial charge in [0.25, 0.3) is 5.56 Å². The molecule has 2 aromatic heterocycles. The molecule has 0 atom stereocenters. The van der Waals surface area contributed by atoms with Crippen LogP contribution < -0.4 is 16.0 Å². The molecule has 0 unspecified atom stereocenters. The molecule has 0 aliphatic rings. The standard InChI is InChI=1S/C19H21N3O3S2/c1-4-14-11(2)27-17-16(14)18(24)22(12-5-7-13(25-3)8-6-12)19(21-17)26-10-9-15(20)23/h5-8H,4,9-10H2,1-3H3,(H2,20,23). The van der Waals surface area contributed by atoms with Gasteiger partial charge in [-0.15, -0.1) is 11.3 Å². The minimum absolute atomic E-state index is 0.0899. The second-order valence-corrected chi connectivity index (χ2v) is 8.23. The van der Waals surface area contributed by atoms with Gasteiger partial charge in [0.15, 0.2) is 5.16 Å². The Morgan fingerprint density at radius 2 is 2.04 bits per heavy atom. The summed E-state index contributed by atoms with van der Waals surface area (Å²) in [6.07, 6.45) is 1.00. The first-order valence-electron chi connectivity index (χ1n) is 8.56. The molecule has 6 nitrogen and oxygen atoms in total. The molecule has 0 aliphatic carbocycles. The predicted molar refractivity (Wildman–Crippen MR) is 110 cm³/mol. The van der Waals surface area contributed by atoms with E-state index in [-0.39, 0.29) is 17.9 Å². The zero-order valence-corrected chi connectivity index (χ0v) is 17.1. The molecule has 2 heterocycles. The van der Waals surface area contributed by atoms with E-state index in [4.69, 9.17) is 15.5 Å². The summed E-state index contributed by atoms with van der Waals surface area (Å²) in [5, 5.41) is 1.23. The fourth-order valence-electron chi connectivity index (χ4n) is 2.92. The molecule has 0 fully saturated rings. The summed E-state index contributed by atoms with van der Waals surface area (Å²) in [5.41, 5.74) is 6.91. The molecule has 1 amide bonds. The van der Waals surface area contributed by atoms with Crippen LogP contribution >= 0.6 is 23.1 Å². The molecule has 0 aliphatic heterocycles. The molecule has 0 bridgehead atoms. The molecule has 0 saturated heterocycles. The van der Waals surface area contributed by atoms with Gasteiger partial charge in [0.05, 0.1) is 18.2 Å². The third-order valence-electron chi connectivity index (χ3n) is 4.26. The van der Waals surface area contributed by atoms with Gasteiger partial charge < -0.3 is 10.5 Å². The Labute approximate surface area is 165 Å². The van der Waals surface area contributed by atoms with Crippen molar-refractivity contribution in [3.8, 4) is 11.4 Å². The first kappa shape index (κ1) is 19.4. The summed E-state index contributed by atoms with van der Waals surface area (Å²) >= 11 is 2.89. The van der Waals surface area contributed by atoms with Crippen molar-refractivity contribution in [2.24, 2.45) is 5.73 Å². The topological polar surface area (TPSA) is 87.2 Å². The number of aromatic nitrogens is 2. The third kappa shape index (κ3) is 3.86. The number of benzene rings is 1. The van der Waals surface area contributed by atoms with Crippen LogP contribution in [0.5, 0.6) is 5.75 Å². The third-order valence-corrected chi connectivity index (χ3v) is 6.24. The largest absolute Gasteiger partial charge is 0.497 e. The molecule has 142 valence electrons. The molecule has 2 N–H and O–H groups in total. The van der Waals surface area contributed by atoms with Crippen LogP contribution in [0.2, 0.25) is 0 Å². The number of aryl methyl sites for hydroxylation is 2. The van der Waals surface area contributed by atoms with Gasteiger partial charge in [0.1, 0.15) is 10.6 Å². The van der Waals surface area contributed by atoms with Crippen molar-refractivity contribution < 1.29 is 9.53 Å². The summed E-state index contributed by atoms with van der Waals surface area (Å²) in [6, 6.07) is 7.28. The summed E-state index contributed by atoms with van der Waals surface area (Å²) < 4.78 is 6.82. The number of hydrogen-bond acceptors (Lipinski definition) is 6. The number of rotatable bonds is 7. The van der Waals surface area contributed by atoms with Crippen molar-refractivity contribution in [2.45, 2.75) is 31.8 Å². The number of fused-ring (bicyclic) bond motifs is 1. The fourth-order valence-corrected chi connectivity index (χ4v) is 5.04. The molecule has 3 rings (SSSR count). The normalized spacial score (nSPS) is 11.1. The van der Waals surface area contributed by atoms with E-state index < -0.39 is 0 Å². The smallest absolute Gasteiger partial charge is 0.267 e. The number of ether oxygens (including phenoxy) is 1. The van der Waals surface area contributed by atoms with Crippen LogP contribution in [0.1, 0.15) is 23.8 Å². The summed E-state index contributed by atoms with van der Waals surface area (Å²) in [6.45, 7) is 4.06. The number of carbonyl (C=O) groups excluding carboxylic acids is 1. The van der Waals surface area contributed by atoms with E-state index in [9.17, 15) is 9.59 Å². The molecular formula is C19H21N3O3S2. The maximum absolute atomic E-state index is 13.4. The number of nitrogens with two attached hydrogens (primary N) is 1. The van der Waals surface area contributed by atoms with E-state index in [0.29, 0.717) is 27.7 Å². The zero-order valence-electron chi connectivity index (χ0n) is 15.4. The highest BCUT2D eigenvalue weighted by Crippen LogP contribution is 2.31. The Balaban J connectivity index is 2.20. The van der Waals surface area contributed by atoms with Crippen molar-refractivity contribution in [1.82, 2.24) is 9.55 Å². The van der Waals surface area contributed by atoms with Crippen LogP contribution in [-0.4, -0.2) is 28.3 Å². The van der Waals surface area contributed by atoms with Gasteiger partial charge in [0.2, 0.25) is 5.91 Å². The molecule has 1 aromatic carbocycles. The van der Waals surface area contributed by atoms with E-state index in [0.717, 1.165) is 21.7 Å². The average Bonchev–Trinajstić information content (AvgIpc) is 2.97. The number of hydrogen-bond donors (Lipinski definition) is 1. The van der Waals surface area contributed by atoms with Crippen LogP contribution in [0.4, 0.5) is 0 Å². The number of nitrogens with zero attached hydrogens (tertiary/aromatic N) is 2. The van der Waals surface area contributed by atoms with Gasteiger partial charge in [-0.1, -0.05) is 18.7 Å². The summed E-state index contributed by atoms with van der Waals surface area (Å²) in [4.78, 5) is 31.1. The number of methoxy groups -OCH3 is 1. The van der Waals surface area contributed by atoms with Crippen LogP contribution in [-0.2, 0) is 11.2 Å². The molecular weight excluding hydrogens is 382 g/mol. The van der Waals surface area contributed by atoms with E-state index in [1.165, 1.54) is 23.1 Å². The number of primary amides is 1. The Hall–Kier alpha value is -2.32. The van der Waals surface area contributed by atoms with E-state index in [2.05, 4.69) is 0 Å². The number of carbonyl (C=O) groups is 1. The van der Waals surface area contributed by atoms with E-state index in [1.54, 1.807) is 11.7 Å². The first-order valence-corrected chi connectivity index (χ1v) is 10.4. The molecule has 3 aromatic rings. The molecule has 8 heteroatoms. The van der Waals surface area contributed by atoms with Crippen molar-refractivity contribution in [3.63, 3.8) is 0 Å². The zero-order chi connectivity index (χ0) is 19.6. The molecule has 0 saturated carbocycles. The van der Waals surface area contributed by atoms with Gasteiger partial charge in [-0.25, -0.2) is 4.98 Å². The minimum atomic E-state index is -0.373. The number of amides is 1. The maximum Gasteiger partial charge on any atom is 0.267 e. The van der Waals surface area contributed by atoms with Gasteiger partial charge in [-0.05, 0) is 43.2 Å². The van der Waals surface area contributed by atoms with Crippen molar-refractivity contribution in [1.29, 1.82) is 0 Å². The monoisotopic (exact) mass is 403 g/mol. The highest BCUT2D eigenvalue weighted by molar-refractivity contribution is 7.99. The van der Waals surface area contributed by atoms with Gasteiger partial charge in [0, 0.05) is 17.1 Å². The number of thioether (sulfide) groups is 1.